The van der Waals surface area contributed by atoms with Crippen LogP contribution in [0.1, 0.15) is 38.2 Å². The van der Waals surface area contributed by atoms with Crippen LogP contribution in [0.2, 0.25) is 0 Å². The summed E-state index contributed by atoms with van der Waals surface area (Å²) in [5.41, 5.74) is 1.59. The molecule has 25 heavy (non-hydrogen) atoms. The molecule has 0 bridgehead atoms. The Morgan fingerprint density at radius 1 is 1.32 bits per heavy atom. The zero-order chi connectivity index (χ0) is 18.1. The summed E-state index contributed by atoms with van der Waals surface area (Å²) in [6.07, 6.45) is 0. The predicted molar refractivity (Wildman–Crippen MR) is 93.4 cm³/mol. The van der Waals surface area contributed by atoms with Crippen LogP contribution >= 0.6 is 11.3 Å². The molecule has 1 N–H and O–H groups in total. The number of aryl methyl sites for hydroxylation is 1. The van der Waals surface area contributed by atoms with E-state index in [1.54, 1.807) is 34.9 Å². The molecule has 1 saturated heterocycles. The normalized spacial score (nSPS) is 14.2. The topological polar surface area (TPSA) is 90.8 Å². The number of anilines is 1. The van der Waals surface area contributed by atoms with Crippen LogP contribution in [0.4, 0.5) is 9.93 Å². The number of carbonyl (C=O) groups excluding carboxylic acids is 2. The summed E-state index contributed by atoms with van der Waals surface area (Å²) in [7, 11) is 0. The van der Waals surface area contributed by atoms with Gasteiger partial charge in [-0.3, -0.25) is 9.69 Å². The highest BCUT2D eigenvalue weighted by Crippen LogP contribution is 2.29. The number of amides is 2. The molecule has 0 unspecified atom stereocenters. The molecule has 1 aliphatic heterocycles. The number of carbonyl (C=O) groups is 3. The highest BCUT2D eigenvalue weighted by Gasteiger charge is 2.32. The predicted octanol–water partition coefficient (Wildman–Crippen LogP) is 2.79. The van der Waals surface area contributed by atoms with Crippen LogP contribution in [0.5, 0.6) is 0 Å². The third-order valence-electron chi connectivity index (χ3n) is 3.98. The average Bonchev–Trinajstić information content (AvgIpc) is 3.11. The van der Waals surface area contributed by atoms with E-state index in [4.69, 9.17) is 5.11 Å². The van der Waals surface area contributed by atoms with Crippen LogP contribution in [0.25, 0.3) is 0 Å². The Kier molecular flexibility index (Phi) is 4.54. The summed E-state index contributed by atoms with van der Waals surface area (Å²) in [5, 5.41) is 9.59. The first-order chi connectivity index (χ1) is 11.9. The number of rotatable bonds is 5. The van der Waals surface area contributed by atoms with Gasteiger partial charge in [0, 0.05) is 26.6 Å². The number of urea groups is 1. The second-order valence-corrected chi connectivity index (χ2v) is 6.81. The summed E-state index contributed by atoms with van der Waals surface area (Å²) in [6, 6.07) is 6.36. The van der Waals surface area contributed by atoms with E-state index in [9.17, 15) is 14.4 Å². The zero-order valence-corrected chi connectivity index (χ0v) is 14.7. The standard InChI is InChI=1S/C17H17N3O4S/c1-10-14(11(2)21)25-16(18-10)20-7-6-19(17(20)24)9-12-4-3-5-13(8-12)15(22)23/h3-5,8H,6-7,9H2,1-2H3,(H,22,23). The van der Waals surface area contributed by atoms with Gasteiger partial charge in [-0.2, -0.15) is 0 Å². The van der Waals surface area contributed by atoms with E-state index >= 15 is 0 Å². The molecule has 130 valence electrons. The lowest BCUT2D eigenvalue weighted by Crippen LogP contribution is -2.31. The van der Waals surface area contributed by atoms with Crippen LogP contribution in [-0.4, -0.2) is 45.9 Å². The molecule has 0 aliphatic carbocycles. The van der Waals surface area contributed by atoms with Crippen molar-refractivity contribution in [2.24, 2.45) is 0 Å². The third kappa shape index (κ3) is 3.39. The van der Waals surface area contributed by atoms with Crippen molar-refractivity contribution in [3.63, 3.8) is 0 Å². The van der Waals surface area contributed by atoms with Crippen molar-refractivity contribution < 1.29 is 19.5 Å². The molecule has 3 rings (SSSR count). The molecule has 8 heteroatoms. The Bertz CT molecular complexity index is 861. The number of carboxylic acid groups (broad SMARTS) is 1. The minimum absolute atomic E-state index is 0.0600. The van der Waals surface area contributed by atoms with E-state index in [0.29, 0.717) is 35.3 Å². The molecule has 7 nitrogen and oxygen atoms in total. The van der Waals surface area contributed by atoms with E-state index in [1.807, 2.05) is 0 Å². The summed E-state index contributed by atoms with van der Waals surface area (Å²) in [4.78, 5) is 43.4. The van der Waals surface area contributed by atoms with Crippen LogP contribution in [0, 0.1) is 6.92 Å². The molecule has 1 fully saturated rings. The molecule has 2 amide bonds. The molecule has 1 aromatic carbocycles. The van der Waals surface area contributed by atoms with E-state index in [1.165, 1.54) is 24.3 Å². The van der Waals surface area contributed by atoms with Crippen LogP contribution in [0.3, 0.4) is 0 Å². The molecule has 1 aliphatic rings. The number of carboxylic acids is 1. The summed E-state index contributed by atoms with van der Waals surface area (Å²) in [6.45, 7) is 4.58. The molecule has 0 saturated carbocycles. The van der Waals surface area contributed by atoms with E-state index < -0.39 is 5.97 Å². The Labute approximate surface area is 148 Å². The van der Waals surface area contributed by atoms with Gasteiger partial charge in [0.15, 0.2) is 10.9 Å². The Balaban J connectivity index is 1.76. The fourth-order valence-corrected chi connectivity index (χ4v) is 3.74. The van der Waals surface area contributed by atoms with Gasteiger partial charge in [0.05, 0.1) is 16.1 Å². The first kappa shape index (κ1) is 17.1. The van der Waals surface area contributed by atoms with Crippen molar-refractivity contribution in [2.75, 3.05) is 18.0 Å². The van der Waals surface area contributed by atoms with Gasteiger partial charge in [-0.15, -0.1) is 0 Å². The number of ketones is 1. The van der Waals surface area contributed by atoms with Gasteiger partial charge in [-0.25, -0.2) is 14.6 Å². The summed E-state index contributed by atoms with van der Waals surface area (Å²) < 4.78 is 0. The molecule has 2 aromatic rings. The smallest absolute Gasteiger partial charge is 0.335 e. The number of Topliss-reactive ketones (excluding diaryl/α,β-unsaturated/α-hetero) is 1. The average molecular weight is 359 g/mol. The van der Waals surface area contributed by atoms with E-state index in [2.05, 4.69) is 4.98 Å². The van der Waals surface area contributed by atoms with Crippen molar-refractivity contribution in [2.45, 2.75) is 20.4 Å². The molecule has 0 atom stereocenters. The number of thiazole rings is 1. The van der Waals surface area contributed by atoms with Gasteiger partial charge < -0.3 is 10.0 Å². The maximum absolute atomic E-state index is 12.6. The molecule has 2 heterocycles. The second-order valence-electron chi connectivity index (χ2n) is 5.83. The van der Waals surface area contributed by atoms with Crippen LogP contribution in [-0.2, 0) is 6.54 Å². The molecule has 0 radical (unpaired) electrons. The maximum Gasteiger partial charge on any atom is 0.335 e. The quantitative estimate of drug-likeness (QED) is 0.829. The number of nitrogens with zero attached hydrogens (tertiary/aromatic N) is 3. The number of aromatic carboxylic acids is 1. The number of hydrogen-bond donors (Lipinski definition) is 1. The van der Waals surface area contributed by atoms with Crippen molar-refractivity contribution in [1.29, 1.82) is 0 Å². The summed E-state index contributed by atoms with van der Waals surface area (Å²) in [5.74, 6) is -1.05. The number of hydrogen-bond acceptors (Lipinski definition) is 5. The monoisotopic (exact) mass is 359 g/mol. The third-order valence-corrected chi connectivity index (χ3v) is 5.26. The van der Waals surface area contributed by atoms with Gasteiger partial charge in [0.25, 0.3) is 0 Å². The molecular formula is C17H17N3O4S. The SMILES string of the molecule is CC(=O)c1sc(N2CCN(Cc3cccc(C(=O)O)c3)C2=O)nc1C. The Hall–Kier alpha value is -2.74. The molecule has 1 aromatic heterocycles. The lowest BCUT2D eigenvalue weighted by molar-refractivity contribution is 0.0696. The van der Waals surface area contributed by atoms with Crippen molar-refractivity contribution in [1.82, 2.24) is 9.88 Å². The van der Waals surface area contributed by atoms with Crippen LogP contribution in [0.15, 0.2) is 24.3 Å². The highest BCUT2D eigenvalue weighted by molar-refractivity contribution is 7.17. The van der Waals surface area contributed by atoms with Gasteiger partial charge >= 0.3 is 12.0 Å². The first-order valence-electron chi connectivity index (χ1n) is 7.74. The van der Waals surface area contributed by atoms with Crippen molar-refractivity contribution in [3.05, 3.63) is 46.0 Å². The van der Waals surface area contributed by atoms with E-state index in [-0.39, 0.29) is 17.4 Å². The van der Waals surface area contributed by atoms with Gasteiger partial charge in [0.1, 0.15) is 0 Å². The van der Waals surface area contributed by atoms with Gasteiger partial charge in [0.2, 0.25) is 0 Å². The van der Waals surface area contributed by atoms with E-state index in [0.717, 1.165) is 5.56 Å². The van der Waals surface area contributed by atoms with Gasteiger partial charge in [-0.1, -0.05) is 23.5 Å². The van der Waals surface area contributed by atoms with Gasteiger partial charge in [-0.05, 0) is 24.6 Å². The minimum atomic E-state index is -0.994. The highest BCUT2D eigenvalue weighted by atomic mass is 32.1. The fraction of sp³-hybridized carbons (Fsp3) is 0.294. The van der Waals surface area contributed by atoms with Crippen molar-refractivity contribution in [3.8, 4) is 0 Å². The maximum atomic E-state index is 12.6. The number of benzene rings is 1. The first-order valence-corrected chi connectivity index (χ1v) is 8.55. The zero-order valence-electron chi connectivity index (χ0n) is 13.9. The Morgan fingerprint density at radius 2 is 2.08 bits per heavy atom. The lowest BCUT2D eigenvalue weighted by atomic mass is 10.1. The Morgan fingerprint density at radius 3 is 2.72 bits per heavy atom. The minimum Gasteiger partial charge on any atom is -0.478 e. The fourth-order valence-electron chi connectivity index (χ4n) is 2.75. The summed E-state index contributed by atoms with van der Waals surface area (Å²) >= 11 is 1.22. The second kappa shape index (κ2) is 6.64. The molecular weight excluding hydrogens is 342 g/mol. The van der Waals surface area contributed by atoms with Crippen molar-refractivity contribution >= 4 is 34.3 Å². The largest absolute Gasteiger partial charge is 0.478 e. The molecule has 0 spiro atoms. The number of aromatic nitrogens is 1. The van der Waals surface area contributed by atoms with Crippen LogP contribution < -0.4 is 4.90 Å². The lowest BCUT2D eigenvalue weighted by Gasteiger charge is -2.17.